The highest BCUT2D eigenvalue weighted by Crippen LogP contribution is 2.46. The second kappa shape index (κ2) is 8.31. The molecular formula is C21H24N4O3. The molecule has 0 bridgehead atoms. The Hall–Kier alpha value is -3.05. The van der Waals surface area contributed by atoms with E-state index in [2.05, 4.69) is 16.9 Å². The van der Waals surface area contributed by atoms with Crippen molar-refractivity contribution < 1.29 is 14.3 Å². The minimum atomic E-state index is -0.434. The van der Waals surface area contributed by atoms with Gasteiger partial charge in [0.05, 0.1) is 12.6 Å². The van der Waals surface area contributed by atoms with Crippen LogP contribution in [0.3, 0.4) is 0 Å². The molecule has 0 spiro atoms. The van der Waals surface area contributed by atoms with Crippen LogP contribution in [0.1, 0.15) is 55.1 Å². The fourth-order valence-electron chi connectivity index (χ4n) is 4.31. The summed E-state index contributed by atoms with van der Waals surface area (Å²) in [6, 6.07) is 7.77. The second-order valence-electron chi connectivity index (χ2n) is 7.06. The number of nitrogens with zero attached hydrogens (tertiary/aromatic N) is 4. The molecule has 7 nitrogen and oxygen atoms in total. The summed E-state index contributed by atoms with van der Waals surface area (Å²) < 4.78 is 6.58. The zero-order chi connectivity index (χ0) is 20.1. The zero-order valence-electron chi connectivity index (χ0n) is 16.2. The number of esters is 1. The van der Waals surface area contributed by atoms with Gasteiger partial charge < -0.3 is 4.74 Å². The topological polar surface area (TPSA) is 97.1 Å². The van der Waals surface area contributed by atoms with E-state index in [4.69, 9.17) is 10.3 Å². The van der Waals surface area contributed by atoms with Gasteiger partial charge in [-0.1, -0.05) is 30.2 Å². The first-order valence-electron chi connectivity index (χ1n) is 9.52. The summed E-state index contributed by atoms with van der Waals surface area (Å²) in [4.78, 5) is 27.4. The van der Waals surface area contributed by atoms with Crippen LogP contribution in [-0.4, -0.2) is 30.1 Å². The average Bonchev–Trinajstić information content (AvgIpc) is 3.07. The van der Waals surface area contributed by atoms with Crippen LogP contribution in [0.2, 0.25) is 0 Å². The highest BCUT2D eigenvalue weighted by molar-refractivity contribution is 6.02. The Morgan fingerprint density at radius 1 is 1.43 bits per heavy atom. The average molecular weight is 380 g/mol. The van der Waals surface area contributed by atoms with Gasteiger partial charge in [0.25, 0.3) is 0 Å². The third-order valence-corrected chi connectivity index (χ3v) is 5.72. The van der Waals surface area contributed by atoms with Crippen molar-refractivity contribution in [3.05, 3.63) is 52.0 Å². The maximum absolute atomic E-state index is 12.9. The lowest BCUT2D eigenvalue weighted by atomic mass is 9.71. The van der Waals surface area contributed by atoms with E-state index >= 15 is 0 Å². The largest absolute Gasteiger partial charge is 0.466 e. The van der Waals surface area contributed by atoms with E-state index in [1.165, 1.54) is 13.2 Å². The number of azide groups is 1. The Balaban J connectivity index is 2.22. The third kappa shape index (κ3) is 3.41. The molecule has 0 saturated carbocycles. The van der Waals surface area contributed by atoms with Crippen molar-refractivity contribution in [1.82, 2.24) is 4.57 Å². The molecule has 1 aromatic heterocycles. The lowest BCUT2D eigenvalue weighted by Crippen LogP contribution is -2.37. The number of fused-ring (bicyclic) bond motifs is 3. The Labute approximate surface area is 163 Å². The summed E-state index contributed by atoms with van der Waals surface area (Å²) in [5.41, 5.74) is 11.0. The molecule has 0 aliphatic carbocycles. The number of carbonyl (C=O) groups excluding carboxylic acids is 2. The van der Waals surface area contributed by atoms with Gasteiger partial charge in [-0.25, -0.2) is 4.79 Å². The van der Waals surface area contributed by atoms with Crippen LogP contribution in [0.15, 0.2) is 35.5 Å². The normalized spacial score (nSPS) is 18.9. The summed E-state index contributed by atoms with van der Waals surface area (Å²) in [6.07, 6.45) is 6.79. The van der Waals surface area contributed by atoms with E-state index in [0.717, 1.165) is 47.8 Å². The molecule has 1 aliphatic heterocycles. The predicted molar refractivity (Wildman–Crippen MR) is 108 cm³/mol. The standard InChI is InChI=1S/C21H24N4O3/c1-3-21(12-6-14-23-24-22)13-11-18(26)25-17-8-5-4-7-15(17)16(20(21)25)9-10-19(27)28-2/h4-5,7-10H,3,6,11-14H2,1-2H3/b10-9+/t21-/m1/s1. The molecule has 28 heavy (non-hydrogen) atoms. The van der Waals surface area contributed by atoms with Gasteiger partial charge in [0.15, 0.2) is 0 Å². The number of hydrogen-bond acceptors (Lipinski definition) is 4. The molecule has 0 fully saturated rings. The fourth-order valence-corrected chi connectivity index (χ4v) is 4.31. The number of methoxy groups -OCH3 is 1. The number of aromatic nitrogens is 1. The first-order valence-corrected chi connectivity index (χ1v) is 9.52. The van der Waals surface area contributed by atoms with Gasteiger partial charge >= 0.3 is 5.97 Å². The molecule has 146 valence electrons. The lowest BCUT2D eigenvalue weighted by Gasteiger charge is -2.38. The number of ether oxygens (including phenoxy) is 1. The van der Waals surface area contributed by atoms with Gasteiger partial charge in [0, 0.05) is 46.0 Å². The van der Waals surface area contributed by atoms with Crippen molar-refractivity contribution in [2.45, 2.75) is 44.4 Å². The third-order valence-electron chi connectivity index (χ3n) is 5.72. The van der Waals surface area contributed by atoms with Crippen LogP contribution in [0.5, 0.6) is 0 Å². The highest BCUT2D eigenvalue weighted by atomic mass is 16.5. The zero-order valence-corrected chi connectivity index (χ0v) is 16.2. The number of para-hydroxylation sites is 1. The van der Waals surface area contributed by atoms with Crippen LogP contribution in [0.25, 0.3) is 27.4 Å². The first kappa shape index (κ1) is 19.7. The van der Waals surface area contributed by atoms with Crippen LogP contribution in [0.4, 0.5) is 0 Å². The Morgan fingerprint density at radius 2 is 2.21 bits per heavy atom. The van der Waals surface area contributed by atoms with Crippen molar-refractivity contribution >= 4 is 28.9 Å². The maximum atomic E-state index is 12.9. The molecule has 0 N–H and O–H groups in total. The molecule has 0 unspecified atom stereocenters. The van der Waals surface area contributed by atoms with Crippen LogP contribution in [-0.2, 0) is 14.9 Å². The van der Waals surface area contributed by atoms with Gasteiger partial charge in [0.1, 0.15) is 0 Å². The van der Waals surface area contributed by atoms with Crippen molar-refractivity contribution in [1.29, 1.82) is 0 Å². The fraction of sp³-hybridized carbons (Fsp3) is 0.429. The maximum Gasteiger partial charge on any atom is 0.330 e. The number of carbonyl (C=O) groups is 2. The SMILES string of the molecule is CC[C@@]1(CCCN=[N+]=[N-])CCC(=O)n2c1c(/C=C/C(=O)OC)c1ccccc12. The summed E-state index contributed by atoms with van der Waals surface area (Å²) in [7, 11) is 1.34. The summed E-state index contributed by atoms with van der Waals surface area (Å²) >= 11 is 0. The molecule has 1 aromatic carbocycles. The number of hydrogen-bond donors (Lipinski definition) is 0. The molecule has 0 amide bonds. The number of rotatable bonds is 7. The predicted octanol–water partition coefficient (Wildman–Crippen LogP) is 5.00. The highest BCUT2D eigenvalue weighted by Gasteiger charge is 2.41. The molecule has 0 saturated heterocycles. The van der Waals surface area contributed by atoms with Gasteiger partial charge in [-0.2, -0.15) is 0 Å². The van der Waals surface area contributed by atoms with Crippen LogP contribution < -0.4 is 0 Å². The minimum Gasteiger partial charge on any atom is -0.466 e. The van der Waals surface area contributed by atoms with Gasteiger partial charge in [-0.3, -0.25) is 9.36 Å². The van der Waals surface area contributed by atoms with E-state index in [1.807, 2.05) is 28.8 Å². The quantitative estimate of drug-likeness (QED) is 0.169. The minimum absolute atomic E-state index is 0.0723. The van der Waals surface area contributed by atoms with Crippen LogP contribution in [0, 0.1) is 0 Å². The van der Waals surface area contributed by atoms with Gasteiger partial charge in [-0.05, 0) is 43.4 Å². The van der Waals surface area contributed by atoms with Gasteiger partial charge in [-0.15, -0.1) is 0 Å². The number of benzene rings is 1. The van der Waals surface area contributed by atoms with Crippen LogP contribution >= 0.6 is 0 Å². The molecule has 2 heterocycles. The van der Waals surface area contributed by atoms with E-state index in [1.54, 1.807) is 6.08 Å². The van der Waals surface area contributed by atoms with Gasteiger partial charge in [0.2, 0.25) is 5.91 Å². The molecule has 0 radical (unpaired) electrons. The Kier molecular flexibility index (Phi) is 5.85. The smallest absolute Gasteiger partial charge is 0.330 e. The van der Waals surface area contributed by atoms with E-state index in [0.29, 0.717) is 13.0 Å². The van der Waals surface area contributed by atoms with Crippen molar-refractivity contribution in [2.24, 2.45) is 5.11 Å². The molecule has 1 aliphatic rings. The molecule has 7 heteroatoms. The monoisotopic (exact) mass is 380 g/mol. The second-order valence-corrected chi connectivity index (χ2v) is 7.06. The lowest BCUT2D eigenvalue weighted by molar-refractivity contribution is -0.134. The van der Waals surface area contributed by atoms with E-state index in [-0.39, 0.29) is 11.3 Å². The van der Waals surface area contributed by atoms with Crippen molar-refractivity contribution in [3.8, 4) is 0 Å². The molecular weight excluding hydrogens is 356 g/mol. The molecule has 1 atom stereocenters. The van der Waals surface area contributed by atoms with E-state index in [9.17, 15) is 9.59 Å². The van der Waals surface area contributed by atoms with E-state index < -0.39 is 5.97 Å². The first-order chi connectivity index (χ1) is 13.6. The summed E-state index contributed by atoms with van der Waals surface area (Å²) in [5, 5.41) is 4.61. The molecule has 3 rings (SSSR count). The Bertz CT molecular complexity index is 985. The van der Waals surface area contributed by atoms with Crippen molar-refractivity contribution in [2.75, 3.05) is 13.7 Å². The Morgan fingerprint density at radius 3 is 2.93 bits per heavy atom. The summed E-state index contributed by atoms with van der Waals surface area (Å²) in [6.45, 7) is 2.55. The van der Waals surface area contributed by atoms with Crippen molar-refractivity contribution in [3.63, 3.8) is 0 Å². The summed E-state index contributed by atoms with van der Waals surface area (Å²) in [5.74, 6) is -0.361. The molecule has 2 aromatic rings.